The van der Waals surface area contributed by atoms with Crippen molar-refractivity contribution in [3.63, 3.8) is 0 Å². The topological polar surface area (TPSA) is 61.8 Å². The number of carbonyl (C=O) groups is 1. The van der Waals surface area contributed by atoms with Gasteiger partial charge in [0.25, 0.3) is 0 Å². The lowest BCUT2D eigenvalue weighted by molar-refractivity contribution is -0.00438. The summed E-state index contributed by atoms with van der Waals surface area (Å²) in [6, 6.07) is 8.36. The number of nitrogens with one attached hydrogen (secondary N) is 1. The van der Waals surface area contributed by atoms with Crippen LogP contribution in [-0.4, -0.2) is 54.5 Å². The molecule has 0 spiro atoms. The number of nitrogens with zero attached hydrogens (tertiary/aromatic N) is 1. The highest BCUT2D eigenvalue weighted by atomic mass is 16.5. The second kappa shape index (κ2) is 7.11. The number of aliphatic hydroxyl groups is 1. The molecule has 5 nitrogen and oxygen atoms in total. The minimum Gasteiger partial charge on any atom is -0.393 e. The molecule has 1 saturated carbocycles. The molecule has 2 N–H and O–H groups in total. The molecular formula is C19H28N2O3. The zero-order valence-corrected chi connectivity index (χ0v) is 14.6. The standard InChI is InChI=1S/C19H28N2O3/c1-14-5-3-4-6-17(14)19(7-8-19)13-20-18(23)21-9-10-24-12-16(21)11-15(2)22/h3-6,15-16,22H,7-13H2,1-2H3,(H,20,23)/t15-,16-/m0/s1. The molecule has 24 heavy (non-hydrogen) atoms. The smallest absolute Gasteiger partial charge is 0.317 e. The van der Waals surface area contributed by atoms with Crippen molar-refractivity contribution < 1.29 is 14.6 Å². The highest BCUT2D eigenvalue weighted by Gasteiger charge is 2.45. The number of amides is 2. The number of rotatable bonds is 5. The van der Waals surface area contributed by atoms with Crippen LogP contribution < -0.4 is 5.32 Å². The highest BCUT2D eigenvalue weighted by molar-refractivity contribution is 5.75. The van der Waals surface area contributed by atoms with Gasteiger partial charge in [0.15, 0.2) is 0 Å². The highest BCUT2D eigenvalue weighted by Crippen LogP contribution is 2.48. The number of urea groups is 1. The fourth-order valence-electron chi connectivity index (χ4n) is 3.72. The normalized spacial score (nSPS) is 23.6. The lowest BCUT2D eigenvalue weighted by Crippen LogP contribution is -2.54. The monoisotopic (exact) mass is 332 g/mol. The largest absolute Gasteiger partial charge is 0.393 e. The van der Waals surface area contributed by atoms with Crippen LogP contribution in [0.25, 0.3) is 0 Å². The van der Waals surface area contributed by atoms with Gasteiger partial charge in [0, 0.05) is 18.5 Å². The molecule has 1 saturated heterocycles. The molecule has 0 unspecified atom stereocenters. The van der Waals surface area contributed by atoms with Crippen LogP contribution in [0.2, 0.25) is 0 Å². The first kappa shape index (κ1) is 17.2. The zero-order chi connectivity index (χ0) is 17.2. The second-order valence-electron chi connectivity index (χ2n) is 7.26. The van der Waals surface area contributed by atoms with E-state index in [9.17, 15) is 9.90 Å². The van der Waals surface area contributed by atoms with Crippen molar-refractivity contribution >= 4 is 6.03 Å². The Morgan fingerprint density at radius 2 is 2.21 bits per heavy atom. The van der Waals surface area contributed by atoms with Gasteiger partial charge in [0.1, 0.15) is 0 Å². The van der Waals surface area contributed by atoms with Crippen molar-refractivity contribution in [1.82, 2.24) is 10.2 Å². The first-order valence-corrected chi connectivity index (χ1v) is 8.88. The minimum atomic E-state index is -0.436. The van der Waals surface area contributed by atoms with Gasteiger partial charge in [0.05, 0.1) is 25.4 Å². The lowest BCUT2D eigenvalue weighted by Gasteiger charge is -2.36. The molecule has 0 bridgehead atoms. The van der Waals surface area contributed by atoms with Crippen molar-refractivity contribution in [3.8, 4) is 0 Å². The molecule has 1 aromatic rings. The summed E-state index contributed by atoms with van der Waals surface area (Å²) in [4.78, 5) is 14.5. The molecule has 1 aliphatic heterocycles. The Bertz CT molecular complexity index is 584. The fraction of sp³-hybridized carbons (Fsp3) is 0.632. The van der Waals surface area contributed by atoms with Crippen LogP contribution >= 0.6 is 0 Å². The lowest BCUT2D eigenvalue weighted by atomic mass is 9.92. The molecule has 1 aliphatic carbocycles. The van der Waals surface area contributed by atoms with E-state index < -0.39 is 6.10 Å². The Morgan fingerprint density at radius 3 is 2.88 bits per heavy atom. The Hall–Kier alpha value is -1.59. The molecule has 5 heteroatoms. The minimum absolute atomic E-state index is 0.0381. The molecule has 1 heterocycles. The summed E-state index contributed by atoms with van der Waals surface area (Å²) >= 11 is 0. The Labute approximate surface area is 144 Å². The first-order chi connectivity index (χ1) is 11.5. The number of hydrogen-bond acceptors (Lipinski definition) is 3. The summed E-state index contributed by atoms with van der Waals surface area (Å²) in [5.74, 6) is 0. The molecule has 2 aliphatic rings. The van der Waals surface area contributed by atoms with Crippen LogP contribution in [-0.2, 0) is 10.2 Å². The maximum atomic E-state index is 12.7. The fourth-order valence-corrected chi connectivity index (χ4v) is 3.72. The van der Waals surface area contributed by atoms with Gasteiger partial charge in [-0.25, -0.2) is 4.79 Å². The number of carbonyl (C=O) groups excluding carboxylic acids is 1. The van der Waals surface area contributed by atoms with Crippen LogP contribution in [0.4, 0.5) is 4.79 Å². The van der Waals surface area contributed by atoms with Crippen molar-refractivity contribution in [2.24, 2.45) is 0 Å². The number of aryl methyl sites for hydroxylation is 1. The van der Waals surface area contributed by atoms with E-state index in [1.165, 1.54) is 11.1 Å². The Balaban J connectivity index is 1.61. The van der Waals surface area contributed by atoms with Crippen molar-refractivity contribution in [1.29, 1.82) is 0 Å². The maximum absolute atomic E-state index is 12.7. The first-order valence-electron chi connectivity index (χ1n) is 8.88. The molecule has 3 rings (SSSR count). The third-order valence-corrected chi connectivity index (χ3v) is 5.25. The van der Waals surface area contributed by atoms with Gasteiger partial charge >= 0.3 is 6.03 Å². The van der Waals surface area contributed by atoms with E-state index in [1.807, 2.05) is 4.90 Å². The Kier molecular flexibility index (Phi) is 5.11. The maximum Gasteiger partial charge on any atom is 0.317 e. The SMILES string of the molecule is Cc1ccccc1C1(CNC(=O)N2CCOC[C@@H]2C[C@H](C)O)CC1. The average Bonchev–Trinajstić information content (AvgIpc) is 3.34. The number of ether oxygens (including phenoxy) is 1. The molecule has 2 amide bonds. The van der Waals surface area contributed by atoms with Crippen LogP contribution in [0.15, 0.2) is 24.3 Å². The van der Waals surface area contributed by atoms with E-state index in [-0.39, 0.29) is 17.5 Å². The van der Waals surface area contributed by atoms with Crippen LogP contribution in [0.5, 0.6) is 0 Å². The van der Waals surface area contributed by atoms with E-state index in [2.05, 4.69) is 36.5 Å². The summed E-state index contributed by atoms with van der Waals surface area (Å²) in [5, 5.41) is 12.8. The van der Waals surface area contributed by atoms with Gasteiger partial charge < -0.3 is 20.1 Å². The van der Waals surface area contributed by atoms with Crippen LogP contribution in [0.3, 0.4) is 0 Å². The molecule has 2 atom stereocenters. The number of aliphatic hydroxyl groups excluding tert-OH is 1. The molecule has 0 aromatic heterocycles. The van der Waals surface area contributed by atoms with Crippen LogP contribution in [0.1, 0.15) is 37.3 Å². The summed E-state index contributed by atoms with van der Waals surface area (Å²) in [6.07, 6.45) is 2.36. The quantitative estimate of drug-likeness (QED) is 0.869. The van der Waals surface area contributed by atoms with E-state index in [0.717, 1.165) is 12.8 Å². The molecule has 1 aromatic carbocycles. The van der Waals surface area contributed by atoms with E-state index in [0.29, 0.717) is 32.7 Å². The van der Waals surface area contributed by atoms with E-state index >= 15 is 0 Å². The third-order valence-electron chi connectivity index (χ3n) is 5.25. The summed E-state index contributed by atoms with van der Waals surface area (Å²) in [5.41, 5.74) is 2.75. The number of benzene rings is 1. The van der Waals surface area contributed by atoms with Gasteiger partial charge in [-0.2, -0.15) is 0 Å². The Morgan fingerprint density at radius 1 is 1.46 bits per heavy atom. The molecular weight excluding hydrogens is 304 g/mol. The predicted molar refractivity (Wildman–Crippen MR) is 93.1 cm³/mol. The van der Waals surface area contributed by atoms with Gasteiger partial charge in [-0.15, -0.1) is 0 Å². The number of hydrogen-bond donors (Lipinski definition) is 2. The van der Waals surface area contributed by atoms with Gasteiger partial charge in [-0.3, -0.25) is 0 Å². The third kappa shape index (κ3) is 3.73. The van der Waals surface area contributed by atoms with Gasteiger partial charge in [0.2, 0.25) is 0 Å². The number of morpholine rings is 1. The average molecular weight is 332 g/mol. The summed E-state index contributed by atoms with van der Waals surface area (Å²) < 4.78 is 5.47. The van der Waals surface area contributed by atoms with Crippen molar-refractivity contribution in [2.75, 3.05) is 26.3 Å². The summed E-state index contributed by atoms with van der Waals surface area (Å²) in [7, 11) is 0. The predicted octanol–water partition coefficient (Wildman–Crippen LogP) is 2.21. The van der Waals surface area contributed by atoms with Crippen molar-refractivity contribution in [3.05, 3.63) is 35.4 Å². The van der Waals surface area contributed by atoms with Gasteiger partial charge in [-0.05, 0) is 44.2 Å². The molecule has 132 valence electrons. The second-order valence-corrected chi connectivity index (χ2v) is 7.26. The van der Waals surface area contributed by atoms with Gasteiger partial charge in [-0.1, -0.05) is 24.3 Å². The van der Waals surface area contributed by atoms with Crippen molar-refractivity contribution in [2.45, 2.75) is 50.7 Å². The zero-order valence-electron chi connectivity index (χ0n) is 14.6. The van der Waals surface area contributed by atoms with E-state index in [1.54, 1.807) is 6.92 Å². The van der Waals surface area contributed by atoms with E-state index in [4.69, 9.17) is 4.74 Å². The summed E-state index contributed by atoms with van der Waals surface area (Å²) in [6.45, 7) is 6.21. The van der Waals surface area contributed by atoms with Crippen LogP contribution in [0, 0.1) is 6.92 Å². The molecule has 2 fully saturated rings. The molecule has 0 radical (unpaired) electrons.